The van der Waals surface area contributed by atoms with E-state index in [9.17, 15) is 19.8 Å². The molecular formula is C12H15NO5. The van der Waals surface area contributed by atoms with Crippen LogP contribution in [-0.4, -0.2) is 32.7 Å². The summed E-state index contributed by atoms with van der Waals surface area (Å²) in [6.07, 6.45) is -0.252. The van der Waals surface area contributed by atoms with Crippen LogP contribution in [0.3, 0.4) is 0 Å². The van der Waals surface area contributed by atoms with Gasteiger partial charge >= 0.3 is 5.97 Å². The molecule has 0 unspecified atom stereocenters. The fourth-order valence-electron chi connectivity index (χ4n) is 1.51. The lowest BCUT2D eigenvalue weighted by Crippen LogP contribution is -2.44. The maximum Gasteiger partial charge on any atom is 0.305 e. The van der Waals surface area contributed by atoms with Gasteiger partial charge in [0.15, 0.2) is 11.5 Å². The largest absolute Gasteiger partial charge is 0.504 e. The summed E-state index contributed by atoms with van der Waals surface area (Å²) >= 11 is 0. The number of nitrogens with one attached hydrogen (secondary N) is 1. The number of amides is 1. The quantitative estimate of drug-likeness (QED) is 0.601. The van der Waals surface area contributed by atoms with Crippen LogP contribution in [0.4, 0.5) is 0 Å². The fraction of sp³-hybridized carbons (Fsp3) is 0.333. The summed E-state index contributed by atoms with van der Waals surface area (Å²) in [4.78, 5) is 22.5. The van der Waals surface area contributed by atoms with Crippen LogP contribution >= 0.6 is 0 Å². The molecule has 1 aromatic rings. The summed E-state index contributed by atoms with van der Waals surface area (Å²) in [6, 6.07) is 3.99. The predicted molar refractivity (Wildman–Crippen MR) is 63.6 cm³/mol. The summed E-state index contributed by atoms with van der Waals surface area (Å²) < 4.78 is 0. The highest BCUT2D eigenvalue weighted by Crippen LogP contribution is 2.28. The van der Waals surface area contributed by atoms with Crippen LogP contribution in [0.5, 0.6) is 11.5 Å². The summed E-state index contributed by atoms with van der Waals surface area (Å²) in [5, 5.41) is 30.0. The lowest BCUT2D eigenvalue weighted by Gasteiger charge is -2.24. The standard InChI is InChI=1S/C12H15NO5/c1-12(2,6-9(15)16)13-11(18)7-4-3-5-8(14)10(7)17/h3-5,14,17H,6H2,1-2H3,(H,13,18)(H,15,16). The van der Waals surface area contributed by atoms with Gasteiger partial charge in [0.25, 0.3) is 5.91 Å². The van der Waals surface area contributed by atoms with Gasteiger partial charge in [-0.25, -0.2) is 0 Å². The zero-order valence-corrected chi connectivity index (χ0v) is 10.1. The number of aliphatic carboxylic acids is 1. The van der Waals surface area contributed by atoms with Crippen molar-refractivity contribution in [1.29, 1.82) is 0 Å². The van der Waals surface area contributed by atoms with Crippen molar-refractivity contribution in [2.24, 2.45) is 0 Å². The number of carbonyl (C=O) groups excluding carboxylic acids is 1. The first-order valence-corrected chi connectivity index (χ1v) is 5.28. The van der Waals surface area contributed by atoms with E-state index in [1.807, 2.05) is 0 Å². The van der Waals surface area contributed by atoms with Gasteiger partial charge in [0.2, 0.25) is 0 Å². The third-order valence-corrected chi connectivity index (χ3v) is 2.30. The van der Waals surface area contributed by atoms with E-state index in [0.29, 0.717) is 0 Å². The van der Waals surface area contributed by atoms with Gasteiger partial charge < -0.3 is 20.6 Å². The van der Waals surface area contributed by atoms with Crippen molar-refractivity contribution >= 4 is 11.9 Å². The summed E-state index contributed by atoms with van der Waals surface area (Å²) in [5.74, 6) is -2.62. The Balaban J connectivity index is 2.89. The number of hydrogen-bond acceptors (Lipinski definition) is 4. The number of carbonyl (C=O) groups is 2. The summed E-state index contributed by atoms with van der Waals surface area (Å²) in [7, 11) is 0. The van der Waals surface area contributed by atoms with E-state index in [2.05, 4.69) is 5.32 Å². The Morgan fingerprint density at radius 2 is 1.89 bits per heavy atom. The van der Waals surface area contributed by atoms with Gasteiger partial charge in [0.05, 0.1) is 12.0 Å². The van der Waals surface area contributed by atoms with Gasteiger partial charge in [-0.1, -0.05) is 6.07 Å². The Morgan fingerprint density at radius 1 is 1.28 bits per heavy atom. The molecule has 0 aliphatic carbocycles. The second kappa shape index (κ2) is 4.95. The fourth-order valence-corrected chi connectivity index (χ4v) is 1.51. The number of hydrogen-bond donors (Lipinski definition) is 4. The molecule has 0 aliphatic heterocycles. The SMILES string of the molecule is CC(C)(CC(=O)O)NC(=O)c1cccc(O)c1O. The molecule has 6 heteroatoms. The molecule has 0 saturated heterocycles. The van der Waals surface area contributed by atoms with Crippen molar-refractivity contribution in [2.45, 2.75) is 25.8 Å². The van der Waals surface area contributed by atoms with Gasteiger partial charge in [-0.2, -0.15) is 0 Å². The normalized spacial score (nSPS) is 11.0. The molecule has 0 spiro atoms. The van der Waals surface area contributed by atoms with Crippen LogP contribution in [-0.2, 0) is 4.79 Å². The molecule has 1 amide bonds. The maximum atomic E-state index is 11.8. The highest BCUT2D eigenvalue weighted by molar-refractivity contribution is 5.98. The van der Waals surface area contributed by atoms with Crippen LogP contribution in [0, 0.1) is 0 Å². The van der Waals surface area contributed by atoms with Crippen molar-refractivity contribution in [3.05, 3.63) is 23.8 Å². The lowest BCUT2D eigenvalue weighted by molar-refractivity contribution is -0.138. The first kappa shape index (κ1) is 13.8. The number of rotatable bonds is 4. The number of phenolic OH excluding ortho intramolecular Hbond substituents is 2. The van der Waals surface area contributed by atoms with Gasteiger partial charge in [0, 0.05) is 5.54 Å². The Morgan fingerprint density at radius 3 is 2.44 bits per heavy atom. The van der Waals surface area contributed by atoms with Crippen molar-refractivity contribution in [3.8, 4) is 11.5 Å². The molecule has 0 aromatic heterocycles. The van der Waals surface area contributed by atoms with Crippen LogP contribution in [0.25, 0.3) is 0 Å². The molecule has 18 heavy (non-hydrogen) atoms. The number of carboxylic acids is 1. The average Bonchev–Trinajstić information content (AvgIpc) is 2.18. The molecular weight excluding hydrogens is 238 g/mol. The molecule has 0 atom stereocenters. The lowest BCUT2D eigenvalue weighted by atomic mass is 10.00. The second-order valence-electron chi connectivity index (χ2n) is 4.58. The zero-order valence-electron chi connectivity index (χ0n) is 10.1. The number of benzene rings is 1. The highest BCUT2D eigenvalue weighted by Gasteiger charge is 2.25. The zero-order chi connectivity index (χ0) is 13.9. The van der Waals surface area contributed by atoms with Crippen LogP contribution in [0.1, 0.15) is 30.6 Å². The third kappa shape index (κ3) is 3.38. The van der Waals surface area contributed by atoms with E-state index in [-0.39, 0.29) is 12.0 Å². The van der Waals surface area contributed by atoms with Gasteiger partial charge in [-0.15, -0.1) is 0 Å². The molecule has 0 fully saturated rings. The molecule has 0 saturated carbocycles. The Hall–Kier alpha value is -2.24. The molecule has 6 nitrogen and oxygen atoms in total. The number of carboxylic acid groups (broad SMARTS) is 1. The smallest absolute Gasteiger partial charge is 0.305 e. The second-order valence-corrected chi connectivity index (χ2v) is 4.58. The molecule has 1 aromatic carbocycles. The molecule has 4 N–H and O–H groups in total. The van der Waals surface area contributed by atoms with E-state index < -0.39 is 28.9 Å². The molecule has 0 radical (unpaired) electrons. The summed E-state index contributed by atoms with van der Waals surface area (Å²) in [6.45, 7) is 3.11. The van der Waals surface area contributed by atoms with Crippen LogP contribution in [0.2, 0.25) is 0 Å². The Labute approximate surface area is 104 Å². The Kier molecular flexibility index (Phi) is 3.80. The number of phenols is 2. The molecule has 1 rings (SSSR count). The minimum Gasteiger partial charge on any atom is -0.504 e. The first-order chi connectivity index (χ1) is 8.23. The van der Waals surface area contributed by atoms with E-state index in [4.69, 9.17) is 5.11 Å². The van der Waals surface area contributed by atoms with Crippen LogP contribution < -0.4 is 5.32 Å². The van der Waals surface area contributed by atoms with Gasteiger partial charge in [-0.05, 0) is 26.0 Å². The van der Waals surface area contributed by atoms with E-state index in [1.165, 1.54) is 18.2 Å². The topological polar surface area (TPSA) is 107 Å². The highest BCUT2D eigenvalue weighted by atomic mass is 16.4. The van der Waals surface area contributed by atoms with Gasteiger partial charge in [0.1, 0.15) is 0 Å². The van der Waals surface area contributed by atoms with Crippen molar-refractivity contribution in [2.75, 3.05) is 0 Å². The number of para-hydroxylation sites is 1. The van der Waals surface area contributed by atoms with E-state index >= 15 is 0 Å². The third-order valence-electron chi connectivity index (χ3n) is 2.30. The van der Waals surface area contributed by atoms with Crippen molar-refractivity contribution in [1.82, 2.24) is 5.32 Å². The predicted octanol–water partition coefficient (Wildman–Crippen LogP) is 1.08. The van der Waals surface area contributed by atoms with Crippen LogP contribution in [0.15, 0.2) is 18.2 Å². The molecule has 0 bridgehead atoms. The number of aromatic hydroxyl groups is 2. The Bertz CT molecular complexity index is 481. The minimum absolute atomic E-state index is 0.103. The molecule has 98 valence electrons. The minimum atomic E-state index is -1.04. The maximum absolute atomic E-state index is 11.8. The van der Waals surface area contributed by atoms with Gasteiger partial charge in [-0.3, -0.25) is 9.59 Å². The average molecular weight is 253 g/mol. The molecule has 0 aliphatic rings. The van der Waals surface area contributed by atoms with E-state index in [0.717, 1.165) is 0 Å². The molecule has 0 heterocycles. The van der Waals surface area contributed by atoms with Crippen molar-refractivity contribution in [3.63, 3.8) is 0 Å². The van der Waals surface area contributed by atoms with Crippen molar-refractivity contribution < 1.29 is 24.9 Å². The monoisotopic (exact) mass is 253 g/mol. The first-order valence-electron chi connectivity index (χ1n) is 5.28. The summed E-state index contributed by atoms with van der Waals surface area (Å²) in [5.41, 5.74) is -1.06. The van der Waals surface area contributed by atoms with E-state index in [1.54, 1.807) is 13.8 Å².